The van der Waals surface area contributed by atoms with E-state index in [1.165, 1.54) is 12.1 Å². The van der Waals surface area contributed by atoms with E-state index in [9.17, 15) is 14.0 Å². The highest BCUT2D eigenvalue weighted by Crippen LogP contribution is 2.07. The molecule has 0 spiro atoms. The number of hydrogen-bond acceptors (Lipinski definition) is 3. The maximum Gasteiger partial charge on any atom is 0.374 e. The Hall–Kier alpha value is -2.49. The van der Waals surface area contributed by atoms with Crippen molar-refractivity contribution in [3.05, 3.63) is 71.5 Å². The second-order valence-corrected chi connectivity index (χ2v) is 4.61. The summed E-state index contributed by atoms with van der Waals surface area (Å²) in [6.45, 7) is 0.0853. The number of ether oxygens (including phenoxy) is 1. The van der Waals surface area contributed by atoms with Gasteiger partial charge in [-0.1, -0.05) is 42.5 Å². The lowest BCUT2D eigenvalue weighted by molar-refractivity contribution is -0.154. The smallest absolute Gasteiger partial charge is 0.374 e. The highest BCUT2D eigenvalue weighted by atomic mass is 19.1. The quantitative estimate of drug-likeness (QED) is 0.605. The summed E-state index contributed by atoms with van der Waals surface area (Å²) in [5.41, 5.74) is 1.64. The van der Waals surface area contributed by atoms with Gasteiger partial charge in [-0.05, 0) is 29.7 Å². The molecule has 0 unspecified atom stereocenters. The summed E-state index contributed by atoms with van der Waals surface area (Å²) in [7, 11) is 0. The minimum atomic E-state index is -0.832. The fourth-order valence-electron chi connectivity index (χ4n) is 1.81. The maximum atomic E-state index is 12.7. The number of Topliss-reactive ketones (excluding diaryl/α,β-unsaturated/α-hetero) is 1. The fraction of sp³-hybridized carbons (Fsp3) is 0.176. The Balaban J connectivity index is 1.77. The van der Waals surface area contributed by atoms with E-state index in [4.69, 9.17) is 4.74 Å². The Bertz CT molecular complexity index is 606. The number of esters is 1. The lowest BCUT2D eigenvalue weighted by atomic mass is 10.1. The van der Waals surface area contributed by atoms with Crippen LogP contribution in [-0.4, -0.2) is 11.8 Å². The number of carbonyl (C=O) groups is 2. The van der Waals surface area contributed by atoms with E-state index in [-0.39, 0.29) is 18.8 Å². The van der Waals surface area contributed by atoms with Gasteiger partial charge in [-0.2, -0.15) is 0 Å². The van der Waals surface area contributed by atoms with Crippen LogP contribution in [0.4, 0.5) is 4.39 Å². The molecule has 0 heterocycles. The van der Waals surface area contributed by atoms with Gasteiger partial charge in [-0.25, -0.2) is 9.18 Å². The number of hydrogen-bond donors (Lipinski definition) is 0. The van der Waals surface area contributed by atoms with E-state index in [0.717, 1.165) is 11.1 Å². The molecule has 0 radical (unpaired) electrons. The number of ketones is 1. The number of rotatable bonds is 6. The van der Waals surface area contributed by atoms with E-state index in [0.29, 0.717) is 6.42 Å². The number of halogens is 1. The van der Waals surface area contributed by atoms with Crippen LogP contribution in [0.2, 0.25) is 0 Å². The Labute approximate surface area is 122 Å². The molecule has 0 aliphatic rings. The van der Waals surface area contributed by atoms with Crippen molar-refractivity contribution in [2.24, 2.45) is 0 Å². The van der Waals surface area contributed by atoms with Crippen molar-refractivity contribution in [2.45, 2.75) is 19.4 Å². The third-order valence-electron chi connectivity index (χ3n) is 2.99. The second-order valence-electron chi connectivity index (χ2n) is 4.61. The Morgan fingerprint density at radius 2 is 1.57 bits per heavy atom. The molecule has 0 saturated carbocycles. The van der Waals surface area contributed by atoms with Gasteiger partial charge in [0.25, 0.3) is 0 Å². The van der Waals surface area contributed by atoms with Crippen LogP contribution >= 0.6 is 0 Å². The monoisotopic (exact) mass is 286 g/mol. The van der Waals surface area contributed by atoms with Gasteiger partial charge in [0.15, 0.2) is 0 Å². The van der Waals surface area contributed by atoms with Crippen LogP contribution in [0.3, 0.4) is 0 Å². The van der Waals surface area contributed by atoms with Crippen LogP contribution in [0, 0.1) is 5.82 Å². The summed E-state index contributed by atoms with van der Waals surface area (Å²) in [6, 6.07) is 15.0. The minimum absolute atomic E-state index is 0.0548. The lowest BCUT2D eigenvalue weighted by Crippen LogP contribution is -2.17. The molecule has 0 aliphatic heterocycles. The first kappa shape index (κ1) is 14.9. The minimum Gasteiger partial charge on any atom is -0.455 e. The van der Waals surface area contributed by atoms with Crippen LogP contribution in [0.1, 0.15) is 17.5 Å². The molecule has 0 aliphatic carbocycles. The highest BCUT2D eigenvalue weighted by Gasteiger charge is 2.15. The Kier molecular flexibility index (Phi) is 5.21. The average Bonchev–Trinajstić information content (AvgIpc) is 2.52. The fourth-order valence-corrected chi connectivity index (χ4v) is 1.81. The average molecular weight is 286 g/mol. The normalized spacial score (nSPS) is 10.1. The van der Waals surface area contributed by atoms with E-state index >= 15 is 0 Å². The Morgan fingerprint density at radius 1 is 0.905 bits per heavy atom. The molecule has 0 atom stereocenters. The molecule has 3 nitrogen and oxygen atoms in total. The van der Waals surface area contributed by atoms with E-state index < -0.39 is 11.8 Å². The molecular weight excluding hydrogens is 271 g/mol. The molecule has 0 aromatic heterocycles. The zero-order chi connectivity index (χ0) is 15.1. The molecular formula is C17H15FO3. The Morgan fingerprint density at radius 3 is 2.24 bits per heavy atom. The van der Waals surface area contributed by atoms with Gasteiger partial charge in [0.1, 0.15) is 12.4 Å². The molecule has 0 fully saturated rings. The largest absolute Gasteiger partial charge is 0.455 e. The van der Waals surface area contributed by atoms with Crippen LogP contribution in [0.5, 0.6) is 0 Å². The van der Waals surface area contributed by atoms with Gasteiger partial charge in [0.05, 0.1) is 0 Å². The van der Waals surface area contributed by atoms with Gasteiger partial charge in [0.2, 0.25) is 5.78 Å². The topological polar surface area (TPSA) is 43.4 Å². The van der Waals surface area contributed by atoms with E-state index in [2.05, 4.69) is 0 Å². The number of aryl methyl sites for hydroxylation is 1. The molecule has 0 N–H and O–H groups in total. The summed E-state index contributed by atoms with van der Waals surface area (Å²) < 4.78 is 17.7. The number of carbonyl (C=O) groups excluding carboxylic acids is 2. The van der Waals surface area contributed by atoms with Crippen molar-refractivity contribution in [3.63, 3.8) is 0 Å². The standard InChI is InChI=1S/C17H15FO3/c18-15-9-6-13(7-10-15)8-11-16(19)17(20)21-12-14-4-2-1-3-5-14/h1-7,9-10H,8,11-12H2. The summed E-state index contributed by atoms with van der Waals surface area (Å²) in [5.74, 6) is -1.73. The van der Waals surface area contributed by atoms with Crippen molar-refractivity contribution in [2.75, 3.05) is 0 Å². The van der Waals surface area contributed by atoms with Gasteiger partial charge in [-0.15, -0.1) is 0 Å². The molecule has 0 saturated heterocycles. The van der Waals surface area contributed by atoms with Crippen molar-refractivity contribution in [1.82, 2.24) is 0 Å². The third kappa shape index (κ3) is 4.84. The molecule has 2 rings (SSSR count). The predicted molar refractivity (Wildman–Crippen MR) is 76.0 cm³/mol. The first-order valence-electron chi connectivity index (χ1n) is 6.63. The molecule has 108 valence electrons. The van der Waals surface area contributed by atoms with Crippen LogP contribution < -0.4 is 0 Å². The molecule has 2 aromatic rings. The molecule has 0 bridgehead atoms. The zero-order valence-electron chi connectivity index (χ0n) is 11.4. The summed E-state index contributed by atoms with van der Waals surface area (Å²) in [6.07, 6.45) is 0.443. The lowest BCUT2D eigenvalue weighted by Gasteiger charge is -2.04. The van der Waals surface area contributed by atoms with Gasteiger partial charge in [-0.3, -0.25) is 4.79 Å². The zero-order valence-corrected chi connectivity index (χ0v) is 11.4. The van der Waals surface area contributed by atoms with Gasteiger partial charge >= 0.3 is 5.97 Å². The summed E-state index contributed by atoms with van der Waals surface area (Å²) in [5, 5.41) is 0. The second kappa shape index (κ2) is 7.33. The molecule has 4 heteroatoms. The molecule has 0 amide bonds. The highest BCUT2D eigenvalue weighted by molar-refractivity contribution is 6.33. The van der Waals surface area contributed by atoms with Crippen LogP contribution in [0.25, 0.3) is 0 Å². The maximum absolute atomic E-state index is 12.7. The molecule has 21 heavy (non-hydrogen) atoms. The first-order valence-corrected chi connectivity index (χ1v) is 6.63. The van der Waals surface area contributed by atoms with E-state index in [1.807, 2.05) is 30.3 Å². The first-order chi connectivity index (χ1) is 10.1. The van der Waals surface area contributed by atoms with Gasteiger partial charge < -0.3 is 4.74 Å². The van der Waals surface area contributed by atoms with Crippen molar-refractivity contribution in [3.8, 4) is 0 Å². The van der Waals surface area contributed by atoms with Crippen LogP contribution in [-0.2, 0) is 27.4 Å². The predicted octanol–water partition coefficient (Wildman–Crippen LogP) is 3.07. The summed E-state index contributed by atoms with van der Waals surface area (Å²) in [4.78, 5) is 23.2. The van der Waals surface area contributed by atoms with Crippen molar-refractivity contribution in [1.29, 1.82) is 0 Å². The molecule has 2 aromatic carbocycles. The third-order valence-corrected chi connectivity index (χ3v) is 2.99. The van der Waals surface area contributed by atoms with Crippen molar-refractivity contribution < 1.29 is 18.7 Å². The van der Waals surface area contributed by atoms with E-state index in [1.54, 1.807) is 12.1 Å². The van der Waals surface area contributed by atoms with Gasteiger partial charge in [0, 0.05) is 6.42 Å². The summed E-state index contributed by atoms with van der Waals surface area (Å²) >= 11 is 0. The SMILES string of the molecule is O=C(CCc1ccc(F)cc1)C(=O)OCc1ccccc1. The van der Waals surface area contributed by atoms with Crippen molar-refractivity contribution >= 4 is 11.8 Å². The number of benzene rings is 2. The van der Waals surface area contributed by atoms with Crippen LogP contribution in [0.15, 0.2) is 54.6 Å².